The van der Waals surface area contributed by atoms with Crippen molar-refractivity contribution in [2.24, 2.45) is 0 Å². The number of aliphatic hydroxyl groups is 1. The second kappa shape index (κ2) is 24.6. The summed E-state index contributed by atoms with van der Waals surface area (Å²) in [6.45, 7) is 10.3. The van der Waals surface area contributed by atoms with Gasteiger partial charge in [0.05, 0.1) is 6.61 Å². The van der Waals surface area contributed by atoms with E-state index in [0.29, 0.717) is 6.61 Å². The highest BCUT2D eigenvalue weighted by Gasteiger charge is 1.85. The van der Waals surface area contributed by atoms with Gasteiger partial charge in [0.15, 0.2) is 0 Å². The SMILES string of the molecule is CCCCCCC.CCCOC(C)=O.CCO. The minimum absolute atomic E-state index is 0.193. The molecule has 0 heterocycles. The Hall–Kier alpha value is -0.570. The van der Waals surface area contributed by atoms with E-state index in [4.69, 9.17) is 5.11 Å². The van der Waals surface area contributed by atoms with E-state index in [1.807, 2.05) is 6.92 Å². The second-order valence-electron chi connectivity index (χ2n) is 3.72. The lowest BCUT2D eigenvalue weighted by Gasteiger charge is -1.93. The van der Waals surface area contributed by atoms with E-state index >= 15 is 0 Å². The summed E-state index contributed by atoms with van der Waals surface area (Å²) in [5, 5.41) is 7.57. The summed E-state index contributed by atoms with van der Waals surface area (Å²) in [6.07, 6.45) is 7.91. The lowest BCUT2D eigenvalue weighted by Crippen LogP contribution is -1.98. The molecule has 0 aromatic rings. The molecule has 106 valence electrons. The molecular weight excluding hydrogens is 216 g/mol. The van der Waals surface area contributed by atoms with Gasteiger partial charge in [-0.1, -0.05) is 52.9 Å². The maximum Gasteiger partial charge on any atom is 0.302 e. The van der Waals surface area contributed by atoms with Crippen LogP contribution in [0.5, 0.6) is 0 Å². The van der Waals surface area contributed by atoms with E-state index in [-0.39, 0.29) is 12.6 Å². The van der Waals surface area contributed by atoms with Gasteiger partial charge in [0.1, 0.15) is 0 Å². The molecule has 0 fully saturated rings. The number of aliphatic hydroxyl groups excluding tert-OH is 1. The van der Waals surface area contributed by atoms with Crippen molar-refractivity contribution in [3.05, 3.63) is 0 Å². The molecular formula is C14H32O3. The molecule has 0 aliphatic carbocycles. The van der Waals surface area contributed by atoms with E-state index in [0.717, 1.165) is 6.42 Å². The van der Waals surface area contributed by atoms with Gasteiger partial charge in [-0.25, -0.2) is 0 Å². The Balaban J connectivity index is -0.000000188. The Bertz CT molecular complexity index is 121. The largest absolute Gasteiger partial charge is 0.466 e. The number of esters is 1. The van der Waals surface area contributed by atoms with Gasteiger partial charge in [-0.05, 0) is 13.3 Å². The summed E-state index contributed by atoms with van der Waals surface area (Å²) in [5.41, 5.74) is 0. The zero-order valence-corrected chi connectivity index (χ0v) is 12.4. The van der Waals surface area contributed by atoms with Crippen LogP contribution in [0.4, 0.5) is 0 Å². The monoisotopic (exact) mass is 248 g/mol. The average Bonchev–Trinajstić information content (AvgIpc) is 2.29. The summed E-state index contributed by atoms with van der Waals surface area (Å²) >= 11 is 0. The minimum Gasteiger partial charge on any atom is -0.466 e. The van der Waals surface area contributed by atoms with Crippen LogP contribution >= 0.6 is 0 Å². The Kier molecular flexibility index (Phi) is 31.4. The van der Waals surface area contributed by atoms with Gasteiger partial charge in [0.2, 0.25) is 0 Å². The summed E-state index contributed by atoms with van der Waals surface area (Å²) in [6, 6.07) is 0. The van der Waals surface area contributed by atoms with Crippen molar-refractivity contribution in [3.8, 4) is 0 Å². The summed E-state index contributed by atoms with van der Waals surface area (Å²) < 4.78 is 4.55. The number of ether oxygens (including phenoxy) is 1. The number of carbonyl (C=O) groups excluding carboxylic acids is 1. The molecule has 0 amide bonds. The van der Waals surface area contributed by atoms with Crippen LogP contribution < -0.4 is 0 Å². The predicted octanol–water partition coefficient (Wildman–Crippen LogP) is 3.93. The van der Waals surface area contributed by atoms with Crippen molar-refractivity contribution in [1.29, 1.82) is 0 Å². The van der Waals surface area contributed by atoms with Gasteiger partial charge in [-0.3, -0.25) is 4.79 Å². The van der Waals surface area contributed by atoms with E-state index in [9.17, 15) is 4.79 Å². The maximum absolute atomic E-state index is 9.98. The first-order chi connectivity index (χ1) is 8.10. The Morgan fingerprint density at radius 1 is 0.941 bits per heavy atom. The van der Waals surface area contributed by atoms with Crippen LogP contribution in [0.3, 0.4) is 0 Å². The van der Waals surface area contributed by atoms with Crippen LogP contribution in [0.25, 0.3) is 0 Å². The fraction of sp³-hybridized carbons (Fsp3) is 0.929. The van der Waals surface area contributed by atoms with Crippen molar-refractivity contribution in [1.82, 2.24) is 0 Å². The molecule has 0 radical (unpaired) electrons. The zero-order chi connectivity index (χ0) is 13.9. The van der Waals surface area contributed by atoms with Crippen molar-refractivity contribution >= 4 is 5.97 Å². The van der Waals surface area contributed by atoms with E-state index in [1.165, 1.54) is 39.0 Å². The smallest absolute Gasteiger partial charge is 0.302 e. The van der Waals surface area contributed by atoms with Crippen LogP contribution in [-0.2, 0) is 9.53 Å². The van der Waals surface area contributed by atoms with Gasteiger partial charge < -0.3 is 9.84 Å². The molecule has 0 aliphatic heterocycles. The van der Waals surface area contributed by atoms with Crippen LogP contribution in [0.1, 0.15) is 73.1 Å². The predicted molar refractivity (Wildman–Crippen MR) is 74.1 cm³/mol. The van der Waals surface area contributed by atoms with Gasteiger partial charge in [-0.15, -0.1) is 0 Å². The first-order valence-electron chi connectivity index (χ1n) is 6.84. The minimum atomic E-state index is -0.193. The third-order valence-electron chi connectivity index (χ3n) is 1.72. The standard InChI is InChI=1S/C7H16.C5H10O2.C2H6O/c1-3-5-7-6-4-2;1-3-4-7-5(2)6;1-2-3/h3-7H2,1-2H3;3-4H2,1-2H3;3H,2H2,1H3. The highest BCUT2D eigenvalue weighted by Crippen LogP contribution is 2.00. The van der Waals surface area contributed by atoms with E-state index < -0.39 is 0 Å². The molecule has 17 heavy (non-hydrogen) atoms. The van der Waals surface area contributed by atoms with Crippen LogP contribution in [0.2, 0.25) is 0 Å². The van der Waals surface area contributed by atoms with Crippen LogP contribution in [0.15, 0.2) is 0 Å². The normalized spacial score (nSPS) is 8.35. The number of rotatable bonds is 6. The maximum atomic E-state index is 9.98. The highest BCUT2D eigenvalue weighted by atomic mass is 16.5. The van der Waals surface area contributed by atoms with Crippen molar-refractivity contribution in [3.63, 3.8) is 0 Å². The summed E-state index contributed by atoms with van der Waals surface area (Å²) in [4.78, 5) is 9.98. The first-order valence-corrected chi connectivity index (χ1v) is 6.84. The molecule has 0 bridgehead atoms. The lowest BCUT2D eigenvalue weighted by atomic mass is 10.2. The molecule has 0 aromatic heterocycles. The van der Waals surface area contributed by atoms with Crippen LogP contribution in [-0.4, -0.2) is 24.3 Å². The molecule has 0 aliphatic rings. The first kappa shape index (κ1) is 21.7. The Labute approximate surface area is 108 Å². The highest BCUT2D eigenvalue weighted by molar-refractivity contribution is 5.65. The number of hydrogen-bond acceptors (Lipinski definition) is 3. The molecule has 0 saturated heterocycles. The molecule has 3 nitrogen and oxygen atoms in total. The quantitative estimate of drug-likeness (QED) is 0.572. The Morgan fingerprint density at radius 2 is 1.35 bits per heavy atom. The molecule has 0 unspecified atom stereocenters. The second-order valence-corrected chi connectivity index (χ2v) is 3.72. The van der Waals surface area contributed by atoms with Gasteiger partial charge >= 0.3 is 5.97 Å². The topological polar surface area (TPSA) is 46.5 Å². The molecule has 0 aromatic carbocycles. The molecule has 0 rings (SSSR count). The van der Waals surface area contributed by atoms with Crippen LogP contribution in [0, 0.1) is 0 Å². The lowest BCUT2D eigenvalue weighted by molar-refractivity contribution is -0.140. The number of carbonyl (C=O) groups is 1. The number of hydrogen-bond donors (Lipinski definition) is 1. The third kappa shape index (κ3) is 50.4. The van der Waals surface area contributed by atoms with Crippen molar-refractivity contribution in [2.75, 3.05) is 13.2 Å². The molecule has 0 spiro atoms. The van der Waals surface area contributed by atoms with Crippen molar-refractivity contribution < 1.29 is 14.6 Å². The molecule has 0 saturated carbocycles. The fourth-order valence-corrected chi connectivity index (χ4v) is 0.923. The van der Waals surface area contributed by atoms with Crippen molar-refractivity contribution in [2.45, 2.75) is 73.1 Å². The molecule has 0 atom stereocenters. The fourth-order valence-electron chi connectivity index (χ4n) is 0.923. The van der Waals surface area contributed by atoms with Gasteiger partial charge in [-0.2, -0.15) is 0 Å². The molecule has 1 N–H and O–H groups in total. The zero-order valence-electron chi connectivity index (χ0n) is 12.4. The van der Waals surface area contributed by atoms with E-state index in [1.54, 1.807) is 6.92 Å². The number of unbranched alkanes of at least 4 members (excludes halogenated alkanes) is 4. The Morgan fingerprint density at radius 3 is 1.53 bits per heavy atom. The average molecular weight is 248 g/mol. The third-order valence-corrected chi connectivity index (χ3v) is 1.72. The summed E-state index contributed by atoms with van der Waals surface area (Å²) in [7, 11) is 0. The summed E-state index contributed by atoms with van der Waals surface area (Å²) in [5.74, 6) is -0.193. The van der Waals surface area contributed by atoms with Gasteiger partial charge in [0.25, 0.3) is 0 Å². The molecule has 3 heteroatoms. The van der Waals surface area contributed by atoms with E-state index in [2.05, 4.69) is 18.6 Å². The van der Waals surface area contributed by atoms with Gasteiger partial charge in [0, 0.05) is 13.5 Å².